The molecule has 1 unspecified atom stereocenters. The fourth-order valence-corrected chi connectivity index (χ4v) is 2.15. The Hall–Kier alpha value is -1.44. The minimum absolute atomic E-state index is 0.230. The van der Waals surface area contributed by atoms with Gasteiger partial charge in [-0.25, -0.2) is 18.4 Å². The summed E-state index contributed by atoms with van der Waals surface area (Å²) >= 11 is 0. The lowest BCUT2D eigenvalue weighted by atomic mass is 10.0. The van der Waals surface area contributed by atoms with Crippen LogP contribution in [0.1, 0.15) is 19.3 Å². The van der Waals surface area contributed by atoms with Crippen molar-refractivity contribution in [1.29, 1.82) is 0 Å². The minimum Gasteiger partial charge on any atom is -0.480 e. The molecule has 0 aromatic carbocycles. The second-order valence-corrected chi connectivity index (χ2v) is 4.39. The monoisotopic (exact) mass is 280 g/mol. The van der Waals surface area contributed by atoms with Crippen molar-refractivity contribution in [3.05, 3.63) is 0 Å². The number of amides is 2. The predicted octanol–water partition coefficient (Wildman–Crippen LogP) is 0.605. The van der Waals surface area contributed by atoms with Crippen LogP contribution in [0.2, 0.25) is 0 Å². The predicted molar refractivity (Wildman–Crippen MR) is 62.0 cm³/mol. The Balaban J connectivity index is 2.77. The molecular weight excluding hydrogens is 262 g/mol. The van der Waals surface area contributed by atoms with Crippen LogP contribution in [0.4, 0.5) is 13.6 Å². The van der Waals surface area contributed by atoms with Gasteiger partial charge in [0.1, 0.15) is 6.04 Å². The molecule has 0 saturated carbocycles. The van der Waals surface area contributed by atoms with Gasteiger partial charge in [0.05, 0.1) is 13.2 Å². The van der Waals surface area contributed by atoms with Gasteiger partial charge in [-0.3, -0.25) is 0 Å². The highest BCUT2D eigenvalue weighted by molar-refractivity contribution is 5.83. The SMILES string of the molecule is O=C(O)C1CCCCN1C(=O)N(CCO)CC(F)F. The number of urea groups is 1. The van der Waals surface area contributed by atoms with Gasteiger partial charge in [0, 0.05) is 13.1 Å². The maximum atomic E-state index is 12.4. The van der Waals surface area contributed by atoms with Crippen molar-refractivity contribution in [2.24, 2.45) is 0 Å². The molecule has 1 aliphatic rings. The molecule has 1 saturated heterocycles. The number of carboxylic acid groups (broad SMARTS) is 1. The number of rotatable bonds is 5. The molecule has 1 rings (SSSR count). The summed E-state index contributed by atoms with van der Waals surface area (Å²) < 4.78 is 24.8. The second-order valence-electron chi connectivity index (χ2n) is 4.39. The number of hydrogen-bond donors (Lipinski definition) is 2. The van der Waals surface area contributed by atoms with Crippen molar-refractivity contribution in [3.63, 3.8) is 0 Å². The smallest absolute Gasteiger partial charge is 0.326 e. The number of carbonyl (C=O) groups is 2. The number of aliphatic hydroxyl groups is 1. The zero-order chi connectivity index (χ0) is 14.4. The largest absolute Gasteiger partial charge is 0.480 e. The third-order valence-electron chi connectivity index (χ3n) is 3.03. The third kappa shape index (κ3) is 4.30. The molecule has 1 fully saturated rings. The van der Waals surface area contributed by atoms with E-state index in [1.165, 1.54) is 0 Å². The summed E-state index contributed by atoms with van der Waals surface area (Å²) in [5, 5.41) is 17.8. The van der Waals surface area contributed by atoms with Gasteiger partial charge in [-0.05, 0) is 19.3 Å². The summed E-state index contributed by atoms with van der Waals surface area (Å²) in [6, 6.07) is -1.72. The van der Waals surface area contributed by atoms with Crippen LogP contribution in [0.3, 0.4) is 0 Å². The zero-order valence-electron chi connectivity index (χ0n) is 10.5. The Bertz CT molecular complexity index is 328. The molecule has 2 N–H and O–H groups in total. The van der Waals surface area contributed by atoms with Gasteiger partial charge >= 0.3 is 12.0 Å². The summed E-state index contributed by atoms with van der Waals surface area (Å²) in [6.45, 7) is -1.24. The van der Waals surface area contributed by atoms with E-state index < -0.39 is 37.6 Å². The van der Waals surface area contributed by atoms with E-state index in [4.69, 9.17) is 10.2 Å². The van der Waals surface area contributed by atoms with Crippen molar-refractivity contribution >= 4 is 12.0 Å². The van der Waals surface area contributed by atoms with Crippen molar-refractivity contribution < 1.29 is 28.6 Å². The lowest BCUT2D eigenvalue weighted by molar-refractivity contribution is -0.143. The lowest BCUT2D eigenvalue weighted by Crippen LogP contribution is -2.54. The van der Waals surface area contributed by atoms with Crippen LogP contribution in [-0.4, -0.2) is 70.7 Å². The molecule has 6 nitrogen and oxygen atoms in total. The number of likely N-dealkylation sites (tertiary alicyclic amines) is 1. The van der Waals surface area contributed by atoms with Crippen molar-refractivity contribution in [1.82, 2.24) is 9.80 Å². The maximum Gasteiger partial charge on any atom is 0.326 e. The van der Waals surface area contributed by atoms with E-state index in [1.54, 1.807) is 0 Å². The molecule has 0 spiro atoms. The molecular formula is C11H18F2N2O4. The molecule has 110 valence electrons. The van der Waals surface area contributed by atoms with Crippen molar-refractivity contribution in [2.75, 3.05) is 26.2 Å². The molecule has 19 heavy (non-hydrogen) atoms. The van der Waals surface area contributed by atoms with Crippen LogP contribution in [-0.2, 0) is 4.79 Å². The van der Waals surface area contributed by atoms with E-state index in [2.05, 4.69) is 0 Å². The first kappa shape index (κ1) is 15.6. The van der Waals surface area contributed by atoms with Gasteiger partial charge in [-0.1, -0.05) is 0 Å². The lowest BCUT2D eigenvalue weighted by Gasteiger charge is -2.36. The Labute approximate surface area is 109 Å². The molecule has 1 atom stereocenters. The molecule has 0 aromatic heterocycles. The standard InChI is InChI=1S/C11H18F2N2O4/c12-9(13)7-14(5-6-16)11(19)15-4-2-1-3-8(15)10(17)18/h8-9,16H,1-7H2,(H,17,18). The summed E-state index contributed by atoms with van der Waals surface area (Å²) in [5.74, 6) is -1.13. The highest BCUT2D eigenvalue weighted by Gasteiger charge is 2.34. The highest BCUT2D eigenvalue weighted by Crippen LogP contribution is 2.19. The van der Waals surface area contributed by atoms with E-state index in [0.29, 0.717) is 19.3 Å². The Kier molecular flexibility index (Phi) is 5.94. The third-order valence-corrected chi connectivity index (χ3v) is 3.03. The fraction of sp³-hybridized carbons (Fsp3) is 0.818. The number of alkyl halides is 2. The summed E-state index contributed by atoms with van der Waals surface area (Å²) in [7, 11) is 0. The van der Waals surface area contributed by atoms with Gasteiger partial charge in [-0.2, -0.15) is 0 Å². The molecule has 2 amide bonds. The number of hydrogen-bond acceptors (Lipinski definition) is 3. The molecule has 0 bridgehead atoms. The quantitative estimate of drug-likeness (QED) is 0.773. The van der Waals surface area contributed by atoms with Gasteiger partial charge < -0.3 is 20.0 Å². The number of nitrogens with zero attached hydrogens (tertiary/aromatic N) is 2. The van der Waals surface area contributed by atoms with Crippen molar-refractivity contribution in [2.45, 2.75) is 31.7 Å². The van der Waals surface area contributed by atoms with Gasteiger partial charge in [0.15, 0.2) is 0 Å². The van der Waals surface area contributed by atoms with Crippen LogP contribution in [0.25, 0.3) is 0 Å². The molecule has 0 aliphatic carbocycles. The van der Waals surface area contributed by atoms with Crippen LogP contribution in [0.5, 0.6) is 0 Å². The average Bonchev–Trinajstić information content (AvgIpc) is 2.37. The number of carboxylic acids is 1. The van der Waals surface area contributed by atoms with Crippen LogP contribution in [0.15, 0.2) is 0 Å². The number of carbonyl (C=O) groups excluding carboxylic acids is 1. The zero-order valence-corrected chi connectivity index (χ0v) is 10.5. The summed E-state index contributed by atoms with van der Waals surface area (Å²) in [4.78, 5) is 25.0. The van der Waals surface area contributed by atoms with E-state index >= 15 is 0 Å². The van der Waals surface area contributed by atoms with Gasteiger partial charge in [0.25, 0.3) is 6.43 Å². The highest BCUT2D eigenvalue weighted by atomic mass is 19.3. The van der Waals surface area contributed by atoms with E-state index in [0.717, 1.165) is 9.80 Å². The number of aliphatic carboxylic acids is 1. The van der Waals surface area contributed by atoms with E-state index in [-0.39, 0.29) is 13.1 Å². The first-order valence-electron chi connectivity index (χ1n) is 6.14. The number of aliphatic hydroxyl groups excluding tert-OH is 1. The first-order chi connectivity index (χ1) is 8.97. The van der Waals surface area contributed by atoms with Crippen molar-refractivity contribution in [3.8, 4) is 0 Å². The summed E-state index contributed by atoms with van der Waals surface area (Å²) in [6.07, 6.45) is -1.06. The Morgan fingerprint density at radius 3 is 2.58 bits per heavy atom. The summed E-state index contributed by atoms with van der Waals surface area (Å²) in [5.41, 5.74) is 0. The minimum atomic E-state index is -2.72. The Morgan fingerprint density at radius 2 is 2.05 bits per heavy atom. The van der Waals surface area contributed by atoms with E-state index in [1.807, 2.05) is 0 Å². The topological polar surface area (TPSA) is 81.1 Å². The first-order valence-corrected chi connectivity index (χ1v) is 6.14. The fourth-order valence-electron chi connectivity index (χ4n) is 2.15. The van der Waals surface area contributed by atoms with Crippen LogP contribution < -0.4 is 0 Å². The Morgan fingerprint density at radius 1 is 1.37 bits per heavy atom. The average molecular weight is 280 g/mol. The van der Waals surface area contributed by atoms with E-state index in [9.17, 15) is 18.4 Å². The van der Waals surface area contributed by atoms with Crippen LogP contribution >= 0.6 is 0 Å². The molecule has 0 radical (unpaired) electrons. The molecule has 0 aromatic rings. The maximum absolute atomic E-state index is 12.4. The second kappa shape index (κ2) is 7.22. The number of halogens is 2. The number of piperidine rings is 1. The van der Waals surface area contributed by atoms with Gasteiger partial charge in [0.2, 0.25) is 0 Å². The van der Waals surface area contributed by atoms with Gasteiger partial charge in [-0.15, -0.1) is 0 Å². The molecule has 8 heteroatoms. The molecule has 1 aliphatic heterocycles. The van der Waals surface area contributed by atoms with Crippen LogP contribution in [0, 0.1) is 0 Å². The normalized spacial score (nSPS) is 19.6. The molecule has 1 heterocycles.